The molecule has 1 spiro atoms. The summed E-state index contributed by atoms with van der Waals surface area (Å²) in [4.78, 5) is 28.2. The van der Waals surface area contributed by atoms with Crippen LogP contribution in [0.15, 0.2) is 48.7 Å². The van der Waals surface area contributed by atoms with E-state index in [1.54, 1.807) is 29.3 Å². The molecule has 0 fully saturated rings. The van der Waals surface area contributed by atoms with E-state index in [0.717, 1.165) is 0 Å². The largest absolute Gasteiger partial charge is 0.311 e. The lowest BCUT2D eigenvalue weighted by Gasteiger charge is -2.32. The zero-order valence-electron chi connectivity index (χ0n) is 17.0. The van der Waals surface area contributed by atoms with Crippen LogP contribution in [0.25, 0.3) is 5.69 Å². The van der Waals surface area contributed by atoms with Gasteiger partial charge in [0.05, 0.1) is 17.6 Å². The first-order chi connectivity index (χ1) is 14.8. The molecule has 0 aliphatic carbocycles. The monoisotopic (exact) mass is 422 g/mol. The summed E-state index contributed by atoms with van der Waals surface area (Å²) in [5.74, 6) is -0.939. The third-order valence-electron chi connectivity index (χ3n) is 5.85. The zero-order chi connectivity index (χ0) is 21.9. The molecule has 0 saturated carbocycles. The van der Waals surface area contributed by atoms with Crippen LogP contribution < -0.4 is 10.2 Å². The van der Waals surface area contributed by atoms with E-state index in [2.05, 4.69) is 10.4 Å². The number of hydrogen-bond donors (Lipinski definition) is 1. The van der Waals surface area contributed by atoms with Gasteiger partial charge in [-0.15, -0.1) is 0 Å². The van der Waals surface area contributed by atoms with Crippen molar-refractivity contribution in [1.29, 1.82) is 0 Å². The van der Waals surface area contributed by atoms with Crippen molar-refractivity contribution in [3.05, 3.63) is 71.4 Å². The van der Waals surface area contributed by atoms with E-state index >= 15 is 0 Å². The molecule has 158 valence electrons. The van der Waals surface area contributed by atoms with E-state index < -0.39 is 17.0 Å². The number of amides is 2. The minimum atomic E-state index is -1.28. The molecule has 1 atom stereocenters. The smallest absolute Gasteiger partial charge is 0.242 e. The van der Waals surface area contributed by atoms with Crippen LogP contribution in [0, 0.1) is 17.6 Å². The fourth-order valence-electron chi connectivity index (χ4n) is 4.59. The molecule has 3 heterocycles. The number of fused-ring (bicyclic) bond motifs is 4. The maximum atomic E-state index is 14.1. The number of rotatable bonds is 3. The lowest BCUT2D eigenvalue weighted by Crippen LogP contribution is -2.47. The first-order valence-corrected chi connectivity index (χ1v) is 10.1. The second-order valence-corrected chi connectivity index (χ2v) is 8.40. The van der Waals surface area contributed by atoms with Crippen LogP contribution in [0.3, 0.4) is 0 Å². The number of carbonyl (C=O) groups excluding carboxylic acids is 2. The quantitative estimate of drug-likeness (QED) is 0.699. The fraction of sp³-hybridized carbons (Fsp3) is 0.261. The van der Waals surface area contributed by atoms with Crippen molar-refractivity contribution in [2.75, 3.05) is 16.8 Å². The van der Waals surface area contributed by atoms with Crippen molar-refractivity contribution in [3.63, 3.8) is 0 Å². The summed E-state index contributed by atoms with van der Waals surface area (Å²) >= 11 is 0. The van der Waals surface area contributed by atoms with Crippen molar-refractivity contribution in [3.8, 4) is 5.69 Å². The summed E-state index contributed by atoms with van der Waals surface area (Å²) < 4.78 is 29.0. The number of nitrogens with one attached hydrogen (secondary N) is 1. The Morgan fingerprint density at radius 2 is 1.77 bits per heavy atom. The third kappa shape index (κ3) is 2.78. The predicted octanol–water partition coefficient (Wildman–Crippen LogP) is 3.78. The van der Waals surface area contributed by atoms with Gasteiger partial charge in [0.1, 0.15) is 22.9 Å². The second kappa shape index (κ2) is 6.73. The van der Waals surface area contributed by atoms with E-state index in [1.807, 2.05) is 13.8 Å². The van der Waals surface area contributed by atoms with Crippen molar-refractivity contribution >= 4 is 23.3 Å². The van der Waals surface area contributed by atoms with Crippen molar-refractivity contribution in [2.45, 2.75) is 25.7 Å². The van der Waals surface area contributed by atoms with Crippen LogP contribution in [0.2, 0.25) is 0 Å². The van der Waals surface area contributed by atoms with Gasteiger partial charge >= 0.3 is 0 Å². The van der Waals surface area contributed by atoms with Gasteiger partial charge in [-0.1, -0.05) is 19.9 Å². The van der Waals surface area contributed by atoms with Crippen LogP contribution in [-0.2, 0) is 15.0 Å². The SMILES string of the molecule is CC(C)CN1C(=O)[C@@]2(CC(=O)Nc3c2cnn3-c2ccc(F)cc2)c2ccc(F)cc21. The molecular weight excluding hydrogens is 402 g/mol. The summed E-state index contributed by atoms with van der Waals surface area (Å²) in [5.41, 5.74) is 0.876. The third-order valence-corrected chi connectivity index (χ3v) is 5.85. The molecule has 1 aromatic heterocycles. The van der Waals surface area contributed by atoms with E-state index in [-0.39, 0.29) is 24.2 Å². The van der Waals surface area contributed by atoms with Crippen LogP contribution >= 0.6 is 0 Å². The molecule has 2 aromatic carbocycles. The number of anilines is 2. The molecule has 8 heteroatoms. The zero-order valence-corrected chi connectivity index (χ0v) is 17.0. The normalized spacial score (nSPS) is 19.7. The Kier molecular flexibility index (Phi) is 4.22. The number of hydrogen-bond acceptors (Lipinski definition) is 3. The molecule has 0 radical (unpaired) electrons. The summed E-state index contributed by atoms with van der Waals surface area (Å²) in [6.07, 6.45) is 1.46. The molecule has 2 aliphatic heterocycles. The van der Waals surface area contributed by atoms with E-state index in [4.69, 9.17) is 0 Å². The minimum Gasteiger partial charge on any atom is -0.311 e. The van der Waals surface area contributed by atoms with Crippen LogP contribution in [0.4, 0.5) is 20.3 Å². The maximum absolute atomic E-state index is 14.1. The molecule has 5 rings (SSSR count). The van der Waals surface area contributed by atoms with Gasteiger partial charge in [0.25, 0.3) is 0 Å². The molecule has 6 nitrogen and oxygen atoms in total. The highest BCUT2D eigenvalue weighted by atomic mass is 19.1. The molecule has 0 bridgehead atoms. The van der Waals surface area contributed by atoms with Crippen LogP contribution in [-0.4, -0.2) is 28.1 Å². The van der Waals surface area contributed by atoms with Gasteiger partial charge in [-0.05, 0) is 47.9 Å². The topological polar surface area (TPSA) is 67.2 Å². The van der Waals surface area contributed by atoms with E-state index in [9.17, 15) is 18.4 Å². The van der Waals surface area contributed by atoms with Crippen molar-refractivity contribution < 1.29 is 18.4 Å². The Labute approximate surface area is 177 Å². The average molecular weight is 422 g/mol. The molecular formula is C23H20F2N4O2. The van der Waals surface area contributed by atoms with Crippen molar-refractivity contribution in [1.82, 2.24) is 9.78 Å². The highest BCUT2D eigenvalue weighted by Gasteiger charge is 2.57. The van der Waals surface area contributed by atoms with E-state index in [0.29, 0.717) is 34.9 Å². The number of halogens is 2. The number of nitrogens with zero attached hydrogens (tertiary/aromatic N) is 3. The Balaban J connectivity index is 1.74. The molecule has 0 unspecified atom stereocenters. The number of aromatic nitrogens is 2. The van der Waals surface area contributed by atoms with Gasteiger partial charge in [0.2, 0.25) is 11.8 Å². The first kappa shape index (κ1) is 19.4. The van der Waals surface area contributed by atoms with Crippen molar-refractivity contribution in [2.24, 2.45) is 5.92 Å². The first-order valence-electron chi connectivity index (χ1n) is 10.1. The lowest BCUT2D eigenvalue weighted by molar-refractivity contribution is -0.126. The standard InChI is InChI=1S/C23H20F2N4O2/c1-13(2)12-28-19-9-15(25)5-8-17(19)23(22(28)31)10-20(30)27-21-18(23)11-26-29(21)16-6-3-14(24)4-7-16/h3-9,11,13H,10,12H2,1-2H3,(H,27,30)/t23-/m0/s1. The van der Waals surface area contributed by atoms with Gasteiger partial charge < -0.3 is 10.2 Å². The minimum absolute atomic E-state index is 0.0961. The number of benzene rings is 2. The van der Waals surface area contributed by atoms with Crippen LogP contribution in [0.1, 0.15) is 31.4 Å². The lowest BCUT2D eigenvalue weighted by atomic mass is 9.72. The summed E-state index contributed by atoms with van der Waals surface area (Å²) in [6.45, 7) is 4.35. The molecule has 1 N–H and O–H groups in total. The van der Waals surface area contributed by atoms with Gasteiger partial charge in [-0.2, -0.15) is 5.10 Å². The molecule has 3 aromatic rings. The Hall–Kier alpha value is -3.55. The average Bonchev–Trinajstić information content (AvgIpc) is 3.23. The van der Waals surface area contributed by atoms with E-state index in [1.165, 1.54) is 28.9 Å². The van der Waals surface area contributed by atoms with Crippen LogP contribution in [0.5, 0.6) is 0 Å². The maximum Gasteiger partial charge on any atom is 0.242 e. The Bertz CT molecular complexity index is 1220. The summed E-state index contributed by atoms with van der Waals surface area (Å²) in [5, 5.41) is 7.21. The molecule has 2 amide bonds. The highest BCUT2D eigenvalue weighted by Crippen LogP contribution is 2.52. The van der Waals surface area contributed by atoms with Gasteiger partial charge in [0.15, 0.2) is 0 Å². The number of carbonyl (C=O) groups is 2. The Morgan fingerprint density at radius 1 is 1.06 bits per heavy atom. The highest BCUT2D eigenvalue weighted by molar-refractivity contribution is 6.15. The van der Waals surface area contributed by atoms with Gasteiger partial charge in [0, 0.05) is 18.5 Å². The molecule has 31 heavy (non-hydrogen) atoms. The predicted molar refractivity (Wildman–Crippen MR) is 111 cm³/mol. The molecule has 2 aliphatic rings. The summed E-state index contributed by atoms with van der Waals surface area (Å²) in [7, 11) is 0. The second-order valence-electron chi connectivity index (χ2n) is 8.40. The van der Waals surface area contributed by atoms with Gasteiger partial charge in [-0.3, -0.25) is 9.59 Å². The Morgan fingerprint density at radius 3 is 2.48 bits per heavy atom. The molecule has 0 saturated heterocycles. The fourth-order valence-corrected chi connectivity index (χ4v) is 4.59. The summed E-state index contributed by atoms with van der Waals surface area (Å²) in [6, 6.07) is 9.92. The van der Waals surface area contributed by atoms with Gasteiger partial charge in [-0.25, -0.2) is 13.5 Å².